The van der Waals surface area contributed by atoms with Gasteiger partial charge in [0.2, 0.25) is 0 Å². The predicted octanol–water partition coefficient (Wildman–Crippen LogP) is 1.76. The zero-order valence-electron chi connectivity index (χ0n) is 6.89. The van der Waals surface area contributed by atoms with E-state index in [2.05, 4.69) is 24.3 Å². The maximum Gasteiger partial charge on any atom is 0.0801 e. The van der Waals surface area contributed by atoms with E-state index in [-0.39, 0.29) is 0 Å². The lowest BCUT2D eigenvalue weighted by atomic mass is 9.88. The van der Waals surface area contributed by atoms with Crippen molar-refractivity contribution in [2.45, 2.75) is 18.6 Å². The lowest BCUT2D eigenvalue weighted by Crippen LogP contribution is -2.16. The third-order valence-corrected chi connectivity index (χ3v) is 4.15. The number of ether oxygens (including phenoxy) is 1. The second-order valence-electron chi connectivity index (χ2n) is 4.55. The zero-order valence-corrected chi connectivity index (χ0v) is 6.89. The van der Waals surface area contributed by atoms with Crippen LogP contribution in [0.25, 0.3) is 0 Å². The summed E-state index contributed by atoms with van der Waals surface area (Å²) in [4.78, 5) is 0. The molecule has 6 atom stereocenters. The van der Waals surface area contributed by atoms with Gasteiger partial charge in [0, 0.05) is 11.8 Å². The average Bonchev–Trinajstić information content (AvgIpc) is 2.71. The van der Waals surface area contributed by atoms with Gasteiger partial charge in [-0.05, 0) is 18.3 Å². The molecule has 0 aromatic heterocycles. The molecule has 6 unspecified atom stereocenters. The quantitative estimate of drug-likeness (QED) is 0.491. The summed E-state index contributed by atoms with van der Waals surface area (Å²) in [6, 6.07) is 0. The third kappa shape index (κ3) is 0.480. The molecule has 1 saturated carbocycles. The van der Waals surface area contributed by atoms with Crippen LogP contribution in [0.15, 0.2) is 24.3 Å². The molecular formula is C11H12O. The van der Waals surface area contributed by atoms with E-state index >= 15 is 0 Å². The van der Waals surface area contributed by atoms with Crippen LogP contribution < -0.4 is 0 Å². The van der Waals surface area contributed by atoms with Gasteiger partial charge in [-0.15, -0.1) is 0 Å². The third-order valence-electron chi connectivity index (χ3n) is 4.15. The maximum atomic E-state index is 5.94. The molecule has 0 amide bonds. The molecule has 1 nitrogen and oxygen atoms in total. The minimum absolute atomic E-state index is 0.472. The van der Waals surface area contributed by atoms with Gasteiger partial charge in [0.1, 0.15) is 0 Å². The first-order valence-electron chi connectivity index (χ1n) is 4.95. The van der Waals surface area contributed by atoms with Crippen LogP contribution in [0.1, 0.15) is 6.42 Å². The van der Waals surface area contributed by atoms with Crippen LogP contribution in [-0.2, 0) is 4.74 Å². The van der Waals surface area contributed by atoms with Crippen LogP contribution in [0.5, 0.6) is 0 Å². The highest BCUT2D eigenvalue weighted by molar-refractivity contribution is 5.26. The molecular weight excluding hydrogens is 148 g/mol. The Balaban J connectivity index is 1.88. The molecule has 4 rings (SSSR count). The van der Waals surface area contributed by atoms with Crippen molar-refractivity contribution < 1.29 is 4.74 Å². The van der Waals surface area contributed by atoms with Crippen molar-refractivity contribution in [1.29, 1.82) is 0 Å². The summed E-state index contributed by atoms with van der Waals surface area (Å²) in [7, 11) is 0. The van der Waals surface area contributed by atoms with Crippen molar-refractivity contribution in [1.82, 2.24) is 0 Å². The molecule has 0 spiro atoms. The fourth-order valence-corrected chi connectivity index (χ4v) is 3.75. The van der Waals surface area contributed by atoms with Gasteiger partial charge >= 0.3 is 0 Å². The van der Waals surface area contributed by atoms with Crippen LogP contribution >= 0.6 is 0 Å². The first kappa shape index (κ1) is 5.98. The van der Waals surface area contributed by atoms with E-state index in [1.807, 2.05) is 0 Å². The highest BCUT2D eigenvalue weighted by atomic mass is 16.5. The lowest BCUT2D eigenvalue weighted by molar-refractivity contribution is 0.0804. The first-order valence-corrected chi connectivity index (χ1v) is 4.95. The summed E-state index contributed by atoms with van der Waals surface area (Å²) < 4.78 is 5.94. The summed E-state index contributed by atoms with van der Waals surface area (Å²) in [5.41, 5.74) is 0. The Bertz CT molecular complexity index is 237. The van der Waals surface area contributed by atoms with E-state index in [4.69, 9.17) is 4.74 Å². The summed E-state index contributed by atoms with van der Waals surface area (Å²) >= 11 is 0. The van der Waals surface area contributed by atoms with E-state index in [1.54, 1.807) is 0 Å². The van der Waals surface area contributed by atoms with Gasteiger partial charge in [0.15, 0.2) is 0 Å². The second kappa shape index (κ2) is 1.69. The standard InChI is InChI=1S/C11H12O/c1-3-8-10-6(1)5-7-2-4-9(12-8)11(7)10/h1-4,6-11H,5H2. The zero-order chi connectivity index (χ0) is 7.71. The van der Waals surface area contributed by atoms with E-state index in [9.17, 15) is 0 Å². The monoisotopic (exact) mass is 160 g/mol. The Morgan fingerprint density at radius 3 is 2.00 bits per heavy atom. The van der Waals surface area contributed by atoms with Gasteiger partial charge in [0.05, 0.1) is 12.2 Å². The van der Waals surface area contributed by atoms with Crippen LogP contribution in [0, 0.1) is 23.7 Å². The minimum atomic E-state index is 0.472. The van der Waals surface area contributed by atoms with E-state index in [0.717, 1.165) is 23.7 Å². The molecule has 1 aliphatic heterocycles. The maximum absolute atomic E-state index is 5.94. The first-order chi connectivity index (χ1) is 5.93. The van der Waals surface area contributed by atoms with Gasteiger partial charge in [-0.1, -0.05) is 24.3 Å². The van der Waals surface area contributed by atoms with Crippen molar-refractivity contribution in [3.05, 3.63) is 24.3 Å². The number of hydrogen-bond donors (Lipinski definition) is 0. The molecule has 0 radical (unpaired) electrons. The molecule has 0 bridgehead atoms. The Kier molecular flexibility index (Phi) is 0.844. The van der Waals surface area contributed by atoms with Crippen molar-refractivity contribution in [2.75, 3.05) is 0 Å². The van der Waals surface area contributed by atoms with Crippen LogP contribution in [0.4, 0.5) is 0 Å². The Morgan fingerprint density at radius 1 is 0.833 bits per heavy atom. The fraction of sp³-hybridized carbons (Fsp3) is 0.636. The minimum Gasteiger partial charge on any atom is -0.366 e. The summed E-state index contributed by atoms with van der Waals surface area (Å²) in [5.74, 6) is 3.38. The molecule has 1 heteroatoms. The highest BCUT2D eigenvalue weighted by Gasteiger charge is 2.57. The van der Waals surface area contributed by atoms with Gasteiger partial charge in [-0.25, -0.2) is 0 Å². The topological polar surface area (TPSA) is 9.23 Å². The fourth-order valence-electron chi connectivity index (χ4n) is 3.75. The number of allylic oxidation sites excluding steroid dienone is 2. The normalized spacial score (nSPS) is 63.3. The molecule has 4 aliphatic rings. The molecule has 0 aromatic carbocycles. The summed E-state index contributed by atoms with van der Waals surface area (Å²) in [6.45, 7) is 0. The molecule has 1 heterocycles. The summed E-state index contributed by atoms with van der Waals surface area (Å²) in [5, 5.41) is 0. The van der Waals surface area contributed by atoms with Gasteiger partial charge in [-0.3, -0.25) is 0 Å². The lowest BCUT2D eigenvalue weighted by Gasteiger charge is -2.12. The molecule has 0 N–H and O–H groups in total. The SMILES string of the molecule is C1=CC2OC3C=CC4CC1C2C43. The highest BCUT2D eigenvalue weighted by Crippen LogP contribution is 2.57. The van der Waals surface area contributed by atoms with E-state index in [0.29, 0.717) is 12.2 Å². The van der Waals surface area contributed by atoms with E-state index < -0.39 is 0 Å². The molecule has 1 saturated heterocycles. The van der Waals surface area contributed by atoms with Crippen LogP contribution in [-0.4, -0.2) is 12.2 Å². The second-order valence-corrected chi connectivity index (χ2v) is 4.55. The van der Waals surface area contributed by atoms with Crippen molar-refractivity contribution in [3.8, 4) is 0 Å². The number of hydrogen-bond acceptors (Lipinski definition) is 1. The van der Waals surface area contributed by atoms with Crippen LogP contribution in [0.3, 0.4) is 0 Å². The van der Waals surface area contributed by atoms with Crippen molar-refractivity contribution >= 4 is 0 Å². The Morgan fingerprint density at radius 2 is 1.42 bits per heavy atom. The average molecular weight is 160 g/mol. The molecule has 12 heavy (non-hydrogen) atoms. The van der Waals surface area contributed by atoms with Gasteiger partial charge in [0.25, 0.3) is 0 Å². The van der Waals surface area contributed by atoms with Crippen LogP contribution in [0.2, 0.25) is 0 Å². The van der Waals surface area contributed by atoms with Gasteiger partial charge in [-0.2, -0.15) is 0 Å². The Labute approximate surface area is 72.1 Å². The molecule has 62 valence electrons. The summed E-state index contributed by atoms with van der Waals surface area (Å²) in [6.07, 6.45) is 11.7. The largest absolute Gasteiger partial charge is 0.366 e. The Hall–Kier alpha value is -0.560. The van der Waals surface area contributed by atoms with Gasteiger partial charge < -0.3 is 4.74 Å². The van der Waals surface area contributed by atoms with E-state index in [1.165, 1.54) is 6.42 Å². The molecule has 0 aromatic rings. The van der Waals surface area contributed by atoms with Crippen molar-refractivity contribution in [3.63, 3.8) is 0 Å². The smallest absolute Gasteiger partial charge is 0.0801 e. The molecule has 3 aliphatic carbocycles. The van der Waals surface area contributed by atoms with Crippen molar-refractivity contribution in [2.24, 2.45) is 23.7 Å². The number of rotatable bonds is 0. The molecule has 2 fully saturated rings. The predicted molar refractivity (Wildman–Crippen MR) is 45.5 cm³/mol.